The molecule has 2 aromatic heterocycles. The van der Waals surface area contributed by atoms with Gasteiger partial charge in [0.05, 0.1) is 16.4 Å². The average Bonchev–Trinajstić information content (AvgIpc) is 3.10. The third kappa shape index (κ3) is 4.46. The van der Waals surface area contributed by atoms with Crippen LogP contribution in [0.3, 0.4) is 0 Å². The van der Waals surface area contributed by atoms with Gasteiger partial charge in [-0.05, 0) is 36.2 Å². The van der Waals surface area contributed by atoms with Gasteiger partial charge in [-0.1, -0.05) is 25.1 Å². The minimum atomic E-state index is -0.0393. The van der Waals surface area contributed by atoms with E-state index in [0.29, 0.717) is 5.13 Å². The Balaban J connectivity index is 1.76. The van der Waals surface area contributed by atoms with Crippen molar-refractivity contribution < 1.29 is 4.79 Å². The van der Waals surface area contributed by atoms with Gasteiger partial charge < -0.3 is 0 Å². The lowest BCUT2D eigenvalue weighted by Gasteiger charge is -2.18. The molecule has 128 valence electrons. The van der Waals surface area contributed by atoms with E-state index in [0.717, 1.165) is 28.6 Å². The first-order valence-electron chi connectivity index (χ1n) is 8.05. The maximum atomic E-state index is 12.2. The van der Waals surface area contributed by atoms with Gasteiger partial charge in [-0.2, -0.15) is 0 Å². The zero-order valence-corrected chi connectivity index (χ0v) is 15.8. The van der Waals surface area contributed by atoms with Gasteiger partial charge in [0.2, 0.25) is 5.91 Å². The normalized spacial score (nSPS) is 10.6. The summed E-state index contributed by atoms with van der Waals surface area (Å²) in [5, 5.41) is 3.67. The lowest BCUT2D eigenvalue weighted by atomic mass is 10.1. The molecule has 0 unspecified atom stereocenters. The number of nitrogens with zero attached hydrogens (tertiary/aromatic N) is 3. The van der Waals surface area contributed by atoms with Gasteiger partial charge in [0.15, 0.2) is 5.13 Å². The van der Waals surface area contributed by atoms with Gasteiger partial charge in [-0.25, -0.2) is 9.97 Å². The highest BCUT2D eigenvalue weighted by Gasteiger charge is 2.18. The number of amides is 1. The largest absolute Gasteiger partial charge is 0.274 e. The molecule has 3 rings (SSSR count). The van der Waals surface area contributed by atoms with Crippen LogP contribution < -0.4 is 4.90 Å². The number of carbonyl (C=O) groups excluding carboxylic acids is 1. The number of anilines is 2. The zero-order valence-electron chi connectivity index (χ0n) is 14.2. The fourth-order valence-corrected chi connectivity index (χ4v) is 4.10. The first-order chi connectivity index (χ1) is 12.2. The van der Waals surface area contributed by atoms with Crippen molar-refractivity contribution in [3.63, 3.8) is 0 Å². The van der Waals surface area contributed by atoms with Crippen molar-refractivity contribution in [1.29, 1.82) is 0 Å². The molecule has 0 N–H and O–H groups in total. The van der Waals surface area contributed by atoms with Gasteiger partial charge in [0.25, 0.3) is 0 Å². The third-order valence-electron chi connectivity index (χ3n) is 3.65. The van der Waals surface area contributed by atoms with E-state index in [-0.39, 0.29) is 5.91 Å². The summed E-state index contributed by atoms with van der Waals surface area (Å²) in [7, 11) is 0. The van der Waals surface area contributed by atoms with E-state index in [2.05, 4.69) is 29.0 Å². The molecule has 2 heterocycles. The van der Waals surface area contributed by atoms with Crippen molar-refractivity contribution in [1.82, 2.24) is 9.97 Å². The Hall–Kier alpha value is -2.18. The van der Waals surface area contributed by atoms with Gasteiger partial charge in [-0.15, -0.1) is 23.1 Å². The van der Waals surface area contributed by atoms with E-state index >= 15 is 0 Å². The van der Waals surface area contributed by atoms with Crippen molar-refractivity contribution in [3.05, 3.63) is 65.3 Å². The van der Waals surface area contributed by atoms with Crippen molar-refractivity contribution in [2.75, 3.05) is 4.90 Å². The maximum absolute atomic E-state index is 12.2. The molecule has 0 radical (unpaired) electrons. The molecule has 1 aromatic carbocycles. The SMILES string of the molecule is CCc1ccc(N(C(C)=O)c2nc(CSc3ccccn3)cs2)cc1. The number of aromatic nitrogens is 2. The molecule has 0 atom stereocenters. The number of hydrogen-bond donors (Lipinski definition) is 0. The van der Waals surface area contributed by atoms with E-state index in [1.54, 1.807) is 29.8 Å². The number of carbonyl (C=O) groups is 1. The van der Waals surface area contributed by atoms with Crippen LogP contribution in [-0.4, -0.2) is 15.9 Å². The molecule has 0 saturated heterocycles. The second kappa shape index (κ2) is 8.27. The number of thioether (sulfide) groups is 1. The lowest BCUT2D eigenvalue weighted by Crippen LogP contribution is -2.22. The molecule has 6 heteroatoms. The van der Waals surface area contributed by atoms with E-state index in [4.69, 9.17) is 0 Å². The Labute approximate surface area is 155 Å². The fourth-order valence-electron chi connectivity index (χ4n) is 2.35. The molecule has 0 spiro atoms. The molecular weight excluding hydrogens is 350 g/mol. The van der Waals surface area contributed by atoms with Gasteiger partial charge in [0, 0.05) is 24.3 Å². The lowest BCUT2D eigenvalue weighted by molar-refractivity contribution is -0.115. The Morgan fingerprint density at radius 3 is 2.64 bits per heavy atom. The van der Waals surface area contributed by atoms with Crippen LogP contribution in [0.15, 0.2) is 59.1 Å². The summed E-state index contributed by atoms with van der Waals surface area (Å²) < 4.78 is 0. The van der Waals surface area contributed by atoms with Crippen molar-refractivity contribution >= 4 is 39.8 Å². The monoisotopic (exact) mass is 369 g/mol. The second-order valence-electron chi connectivity index (χ2n) is 5.45. The third-order valence-corrected chi connectivity index (χ3v) is 5.51. The topological polar surface area (TPSA) is 46.1 Å². The van der Waals surface area contributed by atoms with Crippen LogP contribution >= 0.6 is 23.1 Å². The maximum Gasteiger partial charge on any atom is 0.230 e. The highest BCUT2D eigenvalue weighted by Crippen LogP contribution is 2.31. The number of rotatable bonds is 6. The van der Waals surface area contributed by atoms with E-state index in [9.17, 15) is 4.79 Å². The number of aryl methyl sites for hydroxylation is 1. The van der Waals surface area contributed by atoms with Crippen LogP contribution in [0.5, 0.6) is 0 Å². The number of hydrogen-bond acceptors (Lipinski definition) is 5. The first kappa shape index (κ1) is 17.6. The molecule has 0 fully saturated rings. The van der Waals surface area contributed by atoms with Crippen molar-refractivity contribution in [3.8, 4) is 0 Å². The molecule has 3 aromatic rings. The smallest absolute Gasteiger partial charge is 0.230 e. The molecule has 0 saturated carbocycles. The molecule has 0 aliphatic carbocycles. The van der Waals surface area contributed by atoms with Crippen molar-refractivity contribution in [2.45, 2.75) is 31.0 Å². The van der Waals surface area contributed by atoms with Crippen LogP contribution in [0.4, 0.5) is 10.8 Å². The minimum Gasteiger partial charge on any atom is -0.274 e. The fraction of sp³-hybridized carbons (Fsp3) is 0.211. The molecule has 25 heavy (non-hydrogen) atoms. The predicted octanol–water partition coefficient (Wildman–Crippen LogP) is 5.08. The first-order valence-corrected chi connectivity index (χ1v) is 9.91. The Morgan fingerprint density at radius 1 is 1.20 bits per heavy atom. The molecule has 1 amide bonds. The average molecular weight is 370 g/mol. The summed E-state index contributed by atoms with van der Waals surface area (Å²) >= 11 is 3.12. The van der Waals surface area contributed by atoms with Crippen LogP contribution in [0.25, 0.3) is 0 Å². The molecule has 0 aliphatic heterocycles. The van der Waals surface area contributed by atoms with Crippen LogP contribution in [0, 0.1) is 0 Å². The van der Waals surface area contributed by atoms with Crippen LogP contribution in [-0.2, 0) is 17.0 Å². The van der Waals surface area contributed by atoms with Crippen LogP contribution in [0.1, 0.15) is 25.1 Å². The summed E-state index contributed by atoms with van der Waals surface area (Å²) in [4.78, 5) is 22.8. The Bertz CT molecular complexity index is 831. The number of thiazole rings is 1. The Kier molecular flexibility index (Phi) is 5.83. The molecule has 0 aliphatic rings. The quantitative estimate of drug-likeness (QED) is 0.569. The van der Waals surface area contributed by atoms with Crippen LogP contribution in [0.2, 0.25) is 0 Å². The summed E-state index contributed by atoms with van der Waals surface area (Å²) in [5.74, 6) is 0.691. The second-order valence-corrected chi connectivity index (χ2v) is 7.28. The molecule has 4 nitrogen and oxygen atoms in total. The summed E-state index contributed by atoms with van der Waals surface area (Å²) in [5.41, 5.74) is 3.05. The zero-order chi connectivity index (χ0) is 17.6. The summed E-state index contributed by atoms with van der Waals surface area (Å²) in [6.07, 6.45) is 2.76. The summed E-state index contributed by atoms with van der Waals surface area (Å²) in [6, 6.07) is 13.9. The Morgan fingerprint density at radius 2 is 2.00 bits per heavy atom. The highest BCUT2D eigenvalue weighted by atomic mass is 32.2. The molecule has 0 bridgehead atoms. The van der Waals surface area contributed by atoms with Gasteiger partial charge in [0.1, 0.15) is 0 Å². The van der Waals surface area contributed by atoms with E-state index in [1.165, 1.54) is 16.9 Å². The van der Waals surface area contributed by atoms with E-state index in [1.807, 2.05) is 35.7 Å². The number of pyridine rings is 1. The van der Waals surface area contributed by atoms with Crippen molar-refractivity contribution in [2.24, 2.45) is 0 Å². The summed E-state index contributed by atoms with van der Waals surface area (Å²) in [6.45, 7) is 3.68. The number of benzene rings is 1. The predicted molar refractivity (Wildman–Crippen MR) is 105 cm³/mol. The van der Waals surface area contributed by atoms with Gasteiger partial charge in [-0.3, -0.25) is 9.69 Å². The van der Waals surface area contributed by atoms with E-state index < -0.39 is 0 Å². The minimum absolute atomic E-state index is 0.0393. The van der Waals surface area contributed by atoms with Gasteiger partial charge >= 0.3 is 0 Å². The standard InChI is InChI=1S/C19H19N3OS2/c1-3-15-7-9-17(10-8-15)22(14(2)23)19-21-16(13-25-19)12-24-18-6-4-5-11-20-18/h4-11,13H,3,12H2,1-2H3. The highest BCUT2D eigenvalue weighted by molar-refractivity contribution is 7.98. The molecular formula is C19H19N3OS2.